The van der Waals surface area contributed by atoms with E-state index in [1.165, 1.54) is 12.1 Å². The molecule has 0 aliphatic heterocycles. The molecule has 1 unspecified atom stereocenters. The molecule has 1 atom stereocenters. The van der Waals surface area contributed by atoms with Crippen LogP contribution in [0.2, 0.25) is 0 Å². The van der Waals surface area contributed by atoms with Gasteiger partial charge in [-0.15, -0.1) is 0 Å². The summed E-state index contributed by atoms with van der Waals surface area (Å²) in [6, 6.07) is 6.26. The van der Waals surface area contributed by atoms with Gasteiger partial charge in [0, 0.05) is 24.2 Å². The van der Waals surface area contributed by atoms with Crippen molar-refractivity contribution in [1.29, 1.82) is 0 Å². The third kappa shape index (κ3) is 5.86. The summed E-state index contributed by atoms with van der Waals surface area (Å²) in [4.78, 5) is 37.4. The molecule has 1 aromatic carbocycles. The molecule has 0 spiro atoms. The van der Waals surface area contributed by atoms with E-state index in [0.29, 0.717) is 18.7 Å². The van der Waals surface area contributed by atoms with E-state index in [2.05, 4.69) is 5.32 Å². The molecular weight excluding hydrogens is 324 g/mol. The highest BCUT2D eigenvalue weighted by molar-refractivity contribution is 5.99. The molecule has 2 amide bonds. The number of nitrogens with zero attached hydrogens (tertiary/aromatic N) is 1. The lowest BCUT2D eigenvalue weighted by Gasteiger charge is -2.22. The number of rotatable bonds is 9. The quantitative estimate of drug-likeness (QED) is 0.626. The predicted molar refractivity (Wildman–Crippen MR) is 93.5 cm³/mol. The second kappa shape index (κ2) is 9.17. The van der Waals surface area contributed by atoms with Crippen LogP contribution in [-0.2, 0) is 4.79 Å². The van der Waals surface area contributed by atoms with E-state index in [1.54, 1.807) is 17.0 Å². The Balaban J connectivity index is 2.87. The van der Waals surface area contributed by atoms with Gasteiger partial charge in [-0.2, -0.15) is 0 Å². The second-order valence-corrected chi connectivity index (χ2v) is 6.13. The number of benzene rings is 1. The van der Waals surface area contributed by atoms with Crippen molar-refractivity contribution in [1.82, 2.24) is 10.2 Å². The minimum Gasteiger partial charge on any atom is -0.479 e. The summed E-state index contributed by atoms with van der Waals surface area (Å²) in [5.74, 6) is -2.11. The van der Waals surface area contributed by atoms with Crippen LogP contribution in [0.1, 0.15) is 54.3 Å². The minimum atomic E-state index is -2.05. The summed E-state index contributed by atoms with van der Waals surface area (Å²) in [6.07, 6.45) is 1.69. The standard InChI is InChI=1S/C18H26N2O5/c1-4-9-20(10-5-2)16(22)14-8-6-7-13(11-14)15(21)19-12-18(3,25)17(23)24/h6-8,11,25H,4-5,9-10,12H2,1-3H3,(H,19,21)(H,23,24). The zero-order valence-corrected chi connectivity index (χ0v) is 14.9. The topological polar surface area (TPSA) is 107 Å². The van der Waals surface area contributed by atoms with Gasteiger partial charge in [-0.05, 0) is 38.0 Å². The molecular formula is C18H26N2O5. The van der Waals surface area contributed by atoms with Gasteiger partial charge in [0.25, 0.3) is 11.8 Å². The number of carboxylic acid groups (broad SMARTS) is 1. The van der Waals surface area contributed by atoms with E-state index in [1.807, 2.05) is 13.8 Å². The molecule has 0 aliphatic rings. The van der Waals surface area contributed by atoms with Gasteiger partial charge in [0.2, 0.25) is 0 Å². The Morgan fingerprint density at radius 1 is 1.12 bits per heavy atom. The molecule has 0 fully saturated rings. The van der Waals surface area contributed by atoms with Crippen LogP contribution >= 0.6 is 0 Å². The van der Waals surface area contributed by atoms with Crippen molar-refractivity contribution >= 4 is 17.8 Å². The van der Waals surface area contributed by atoms with E-state index >= 15 is 0 Å². The molecule has 3 N–H and O–H groups in total. The first kappa shape index (κ1) is 20.6. The maximum atomic E-state index is 12.6. The van der Waals surface area contributed by atoms with Crippen molar-refractivity contribution < 1.29 is 24.6 Å². The van der Waals surface area contributed by atoms with E-state index < -0.39 is 24.0 Å². The number of hydrogen-bond donors (Lipinski definition) is 3. The average Bonchev–Trinajstić information content (AvgIpc) is 2.59. The molecule has 0 aromatic heterocycles. The van der Waals surface area contributed by atoms with Crippen molar-refractivity contribution in [2.24, 2.45) is 0 Å². The molecule has 0 heterocycles. The molecule has 0 bridgehead atoms. The average molecular weight is 350 g/mol. The highest BCUT2D eigenvalue weighted by Crippen LogP contribution is 2.11. The first-order chi connectivity index (χ1) is 11.7. The maximum absolute atomic E-state index is 12.6. The first-order valence-electron chi connectivity index (χ1n) is 8.36. The largest absolute Gasteiger partial charge is 0.479 e. The fourth-order valence-electron chi connectivity index (χ4n) is 2.26. The number of hydrogen-bond acceptors (Lipinski definition) is 4. The molecule has 1 rings (SSSR count). The third-order valence-electron chi connectivity index (χ3n) is 3.70. The predicted octanol–water partition coefficient (Wildman–Crippen LogP) is 1.51. The first-order valence-corrected chi connectivity index (χ1v) is 8.36. The second-order valence-electron chi connectivity index (χ2n) is 6.13. The number of carbonyl (C=O) groups is 3. The van der Waals surface area contributed by atoms with Crippen LogP contribution in [0.4, 0.5) is 0 Å². The van der Waals surface area contributed by atoms with Gasteiger partial charge in [0.05, 0.1) is 6.54 Å². The maximum Gasteiger partial charge on any atom is 0.337 e. The summed E-state index contributed by atoms with van der Waals surface area (Å²) in [5, 5.41) is 20.9. The molecule has 0 saturated heterocycles. The zero-order valence-electron chi connectivity index (χ0n) is 14.9. The zero-order chi connectivity index (χ0) is 19.0. The number of carboxylic acids is 1. The molecule has 138 valence electrons. The van der Waals surface area contributed by atoms with Crippen LogP contribution < -0.4 is 5.32 Å². The number of carbonyl (C=O) groups excluding carboxylic acids is 2. The van der Waals surface area contributed by atoms with Crippen LogP contribution in [0, 0.1) is 0 Å². The van der Waals surface area contributed by atoms with Crippen molar-refractivity contribution in [3.8, 4) is 0 Å². The van der Waals surface area contributed by atoms with Gasteiger partial charge in [0.15, 0.2) is 5.60 Å². The van der Waals surface area contributed by atoms with E-state index in [9.17, 15) is 19.5 Å². The van der Waals surface area contributed by atoms with Crippen LogP contribution in [0.5, 0.6) is 0 Å². The van der Waals surface area contributed by atoms with Crippen LogP contribution in [0.15, 0.2) is 24.3 Å². The van der Waals surface area contributed by atoms with Gasteiger partial charge in [-0.3, -0.25) is 9.59 Å². The highest BCUT2D eigenvalue weighted by atomic mass is 16.4. The van der Waals surface area contributed by atoms with Gasteiger partial charge >= 0.3 is 5.97 Å². The molecule has 7 nitrogen and oxygen atoms in total. The number of aliphatic hydroxyl groups is 1. The van der Waals surface area contributed by atoms with E-state index in [-0.39, 0.29) is 11.5 Å². The third-order valence-corrected chi connectivity index (χ3v) is 3.70. The molecule has 7 heteroatoms. The Morgan fingerprint density at radius 2 is 1.68 bits per heavy atom. The van der Waals surface area contributed by atoms with Gasteiger partial charge in [-0.25, -0.2) is 4.79 Å². The summed E-state index contributed by atoms with van der Waals surface area (Å²) in [7, 11) is 0. The van der Waals surface area contributed by atoms with Crippen molar-refractivity contribution in [3.63, 3.8) is 0 Å². The minimum absolute atomic E-state index is 0.143. The Hall–Kier alpha value is -2.41. The van der Waals surface area contributed by atoms with E-state index in [4.69, 9.17) is 5.11 Å². The number of nitrogens with one attached hydrogen (secondary N) is 1. The summed E-state index contributed by atoms with van der Waals surface area (Å²) < 4.78 is 0. The molecule has 0 radical (unpaired) electrons. The van der Waals surface area contributed by atoms with Crippen molar-refractivity contribution in [2.45, 2.75) is 39.2 Å². The van der Waals surface area contributed by atoms with Gasteiger partial charge in [0.1, 0.15) is 0 Å². The smallest absolute Gasteiger partial charge is 0.337 e. The summed E-state index contributed by atoms with van der Waals surface area (Å²) >= 11 is 0. The van der Waals surface area contributed by atoms with Crippen molar-refractivity contribution in [2.75, 3.05) is 19.6 Å². The molecule has 0 saturated carbocycles. The highest BCUT2D eigenvalue weighted by Gasteiger charge is 2.30. The lowest BCUT2D eigenvalue weighted by Crippen LogP contribution is -2.46. The van der Waals surface area contributed by atoms with Gasteiger partial charge < -0.3 is 20.4 Å². The summed E-state index contributed by atoms with van der Waals surface area (Å²) in [6.45, 7) is 5.94. The van der Waals surface area contributed by atoms with Crippen LogP contribution in [-0.4, -0.2) is 58.1 Å². The molecule has 1 aromatic rings. The summed E-state index contributed by atoms with van der Waals surface area (Å²) in [5.41, 5.74) is -1.41. The van der Waals surface area contributed by atoms with Gasteiger partial charge in [-0.1, -0.05) is 19.9 Å². The number of aliphatic carboxylic acids is 1. The SMILES string of the molecule is CCCN(CCC)C(=O)c1cccc(C(=O)NCC(C)(O)C(=O)O)c1. The molecule has 25 heavy (non-hydrogen) atoms. The Morgan fingerprint density at radius 3 is 2.20 bits per heavy atom. The fraction of sp³-hybridized carbons (Fsp3) is 0.500. The van der Waals surface area contributed by atoms with E-state index in [0.717, 1.165) is 19.8 Å². The Labute approximate surface area is 147 Å². The number of amides is 2. The van der Waals surface area contributed by atoms with Crippen LogP contribution in [0.3, 0.4) is 0 Å². The lowest BCUT2D eigenvalue weighted by molar-refractivity contribution is -0.155. The normalized spacial score (nSPS) is 13.0. The Bertz CT molecular complexity index is 622. The van der Waals surface area contributed by atoms with Crippen molar-refractivity contribution in [3.05, 3.63) is 35.4 Å². The van der Waals surface area contributed by atoms with Crippen LogP contribution in [0.25, 0.3) is 0 Å². The fourth-order valence-corrected chi connectivity index (χ4v) is 2.26. The Kier molecular flexibility index (Phi) is 7.57. The molecule has 0 aliphatic carbocycles. The lowest BCUT2D eigenvalue weighted by atomic mass is 10.1. The monoisotopic (exact) mass is 350 g/mol.